The maximum Gasteiger partial charge on any atom is 0.234 e. The number of carbonyl (C=O) groups is 1. The first-order valence-electron chi connectivity index (χ1n) is 6.99. The Morgan fingerprint density at radius 2 is 2.11 bits per heavy atom. The highest BCUT2D eigenvalue weighted by Crippen LogP contribution is 2.15. The standard InChI is InChI=1S/C13H24N2O3/c16-10-11-3-5-15(6-4-11)9-13(17)14-8-12-2-1-7-18-12/h11-12,16H,1-10H2,(H,14,17)/t12-/m1/s1. The Morgan fingerprint density at radius 1 is 1.33 bits per heavy atom. The topological polar surface area (TPSA) is 61.8 Å². The number of aliphatic hydroxyl groups is 1. The van der Waals surface area contributed by atoms with Gasteiger partial charge >= 0.3 is 0 Å². The predicted octanol–water partition coefficient (Wildman–Crippen LogP) is -0.0141. The summed E-state index contributed by atoms with van der Waals surface area (Å²) in [5.41, 5.74) is 0. The molecule has 2 aliphatic rings. The lowest BCUT2D eigenvalue weighted by Gasteiger charge is -2.30. The van der Waals surface area contributed by atoms with Crippen molar-refractivity contribution in [2.45, 2.75) is 31.8 Å². The summed E-state index contributed by atoms with van der Waals surface area (Å²) >= 11 is 0. The number of rotatable bonds is 5. The molecule has 1 amide bonds. The van der Waals surface area contributed by atoms with E-state index in [1.54, 1.807) is 0 Å². The van der Waals surface area contributed by atoms with Crippen molar-refractivity contribution < 1.29 is 14.6 Å². The molecule has 0 bridgehead atoms. The van der Waals surface area contributed by atoms with Gasteiger partial charge in [-0.3, -0.25) is 9.69 Å². The summed E-state index contributed by atoms with van der Waals surface area (Å²) in [4.78, 5) is 13.9. The van der Waals surface area contributed by atoms with Crippen LogP contribution in [-0.4, -0.2) is 61.4 Å². The number of ether oxygens (including phenoxy) is 1. The van der Waals surface area contributed by atoms with Crippen molar-refractivity contribution in [2.75, 3.05) is 39.4 Å². The lowest BCUT2D eigenvalue weighted by molar-refractivity contribution is -0.123. The van der Waals surface area contributed by atoms with Crippen molar-refractivity contribution in [1.29, 1.82) is 0 Å². The maximum absolute atomic E-state index is 11.8. The van der Waals surface area contributed by atoms with Crippen LogP contribution in [0.2, 0.25) is 0 Å². The van der Waals surface area contributed by atoms with Crippen molar-refractivity contribution in [2.24, 2.45) is 5.92 Å². The Morgan fingerprint density at radius 3 is 2.72 bits per heavy atom. The van der Waals surface area contributed by atoms with Crippen LogP contribution in [-0.2, 0) is 9.53 Å². The molecule has 0 aromatic rings. The number of hydrogen-bond acceptors (Lipinski definition) is 4. The number of aliphatic hydroxyl groups excluding tert-OH is 1. The molecule has 0 radical (unpaired) electrons. The van der Waals surface area contributed by atoms with Gasteiger partial charge in [0.2, 0.25) is 5.91 Å². The normalized spacial score (nSPS) is 26.4. The molecule has 2 saturated heterocycles. The highest BCUT2D eigenvalue weighted by atomic mass is 16.5. The summed E-state index contributed by atoms with van der Waals surface area (Å²) < 4.78 is 5.47. The van der Waals surface area contributed by atoms with Gasteiger partial charge in [0, 0.05) is 19.8 Å². The Balaban J connectivity index is 1.59. The van der Waals surface area contributed by atoms with Crippen molar-refractivity contribution in [1.82, 2.24) is 10.2 Å². The third kappa shape index (κ3) is 4.23. The van der Waals surface area contributed by atoms with E-state index in [9.17, 15) is 4.79 Å². The Labute approximate surface area is 108 Å². The summed E-state index contributed by atoms with van der Waals surface area (Å²) in [6.45, 7) is 4.06. The second-order valence-corrected chi connectivity index (χ2v) is 5.34. The number of likely N-dealkylation sites (tertiary alicyclic amines) is 1. The first kappa shape index (κ1) is 13.8. The number of carbonyl (C=O) groups excluding carboxylic acids is 1. The molecule has 0 aromatic heterocycles. The number of nitrogens with zero attached hydrogens (tertiary/aromatic N) is 1. The number of amides is 1. The first-order chi connectivity index (χ1) is 8.78. The molecule has 5 heteroatoms. The molecule has 0 aromatic carbocycles. The molecule has 2 heterocycles. The third-order valence-electron chi connectivity index (χ3n) is 3.88. The van der Waals surface area contributed by atoms with Gasteiger partial charge in [0.1, 0.15) is 0 Å². The van der Waals surface area contributed by atoms with Gasteiger partial charge in [-0.05, 0) is 44.7 Å². The van der Waals surface area contributed by atoms with Crippen LogP contribution in [0.3, 0.4) is 0 Å². The molecule has 1 atom stereocenters. The summed E-state index contributed by atoms with van der Waals surface area (Å²) in [5, 5.41) is 12.0. The quantitative estimate of drug-likeness (QED) is 0.726. The van der Waals surface area contributed by atoms with E-state index in [-0.39, 0.29) is 18.6 Å². The Kier molecular flexibility index (Phi) is 5.41. The highest BCUT2D eigenvalue weighted by Gasteiger charge is 2.21. The average molecular weight is 256 g/mol. The molecule has 0 unspecified atom stereocenters. The van der Waals surface area contributed by atoms with Crippen LogP contribution in [0.4, 0.5) is 0 Å². The number of nitrogens with one attached hydrogen (secondary N) is 1. The van der Waals surface area contributed by atoms with Crippen LogP contribution in [0.1, 0.15) is 25.7 Å². The number of piperidine rings is 1. The molecular formula is C13H24N2O3. The molecule has 2 fully saturated rings. The van der Waals surface area contributed by atoms with E-state index in [0.717, 1.165) is 45.4 Å². The van der Waals surface area contributed by atoms with Gasteiger partial charge in [0.25, 0.3) is 0 Å². The molecule has 0 saturated carbocycles. The molecule has 2 rings (SSSR count). The maximum atomic E-state index is 11.8. The lowest BCUT2D eigenvalue weighted by atomic mass is 9.98. The van der Waals surface area contributed by atoms with Gasteiger partial charge in [0.15, 0.2) is 0 Å². The van der Waals surface area contributed by atoms with Crippen molar-refractivity contribution >= 4 is 5.91 Å². The van der Waals surface area contributed by atoms with Crippen LogP contribution < -0.4 is 5.32 Å². The fraction of sp³-hybridized carbons (Fsp3) is 0.923. The van der Waals surface area contributed by atoms with Crippen molar-refractivity contribution in [3.05, 3.63) is 0 Å². The molecule has 2 aliphatic heterocycles. The minimum absolute atomic E-state index is 0.0907. The minimum Gasteiger partial charge on any atom is -0.396 e. The van der Waals surface area contributed by atoms with E-state index < -0.39 is 0 Å². The fourth-order valence-corrected chi connectivity index (χ4v) is 2.62. The summed E-state index contributed by atoms with van der Waals surface area (Å²) in [6, 6.07) is 0. The van der Waals surface area contributed by atoms with E-state index in [4.69, 9.17) is 9.84 Å². The monoisotopic (exact) mass is 256 g/mol. The minimum atomic E-state index is 0.0907. The number of hydrogen-bond donors (Lipinski definition) is 2. The van der Waals surface area contributed by atoms with Crippen LogP contribution in [0.25, 0.3) is 0 Å². The molecule has 0 aliphatic carbocycles. The van der Waals surface area contributed by atoms with Crippen LogP contribution in [0, 0.1) is 5.92 Å². The van der Waals surface area contributed by atoms with Gasteiger partial charge in [-0.2, -0.15) is 0 Å². The lowest BCUT2D eigenvalue weighted by Crippen LogP contribution is -2.43. The van der Waals surface area contributed by atoms with Gasteiger partial charge in [0.05, 0.1) is 12.6 Å². The predicted molar refractivity (Wildman–Crippen MR) is 68.2 cm³/mol. The SMILES string of the molecule is O=C(CN1CCC(CO)CC1)NC[C@H]1CCCO1. The summed E-state index contributed by atoms with van der Waals surface area (Å²) in [5.74, 6) is 0.518. The zero-order valence-corrected chi connectivity index (χ0v) is 10.9. The molecule has 104 valence electrons. The first-order valence-corrected chi connectivity index (χ1v) is 6.99. The van der Waals surface area contributed by atoms with Gasteiger partial charge in [-0.1, -0.05) is 0 Å². The molecule has 0 spiro atoms. The largest absolute Gasteiger partial charge is 0.396 e. The third-order valence-corrected chi connectivity index (χ3v) is 3.88. The van der Waals surface area contributed by atoms with Crippen LogP contribution in [0.15, 0.2) is 0 Å². The highest BCUT2D eigenvalue weighted by molar-refractivity contribution is 5.78. The zero-order valence-electron chi connectivity index (χ0n) is 10.9. The van der Waals surface area contributed by atoms with E-state index in [1.807, 2.05) is 0 Å². The van der Waals surface area contributed by atoms with Gasteiger partial charge in [-0.25, -0.2) is 0 Å². The Bertz CT molecular complexity index is 259. The van der Waals surface area contributed by atoms with Gasteiger partial charge < -0.3 is 15.2 Å². The zero-order chi connectivity index (χ0) is 12.8. The summed E-state index contributed by atoms with van der Waals surface area (Å²) in [6.07, 6.45) is 4.37. The van der Waals surface area contributed by atoms with Crippen LogP contribution in [0.5, 0.6) is 0 Å². The van der Waals surface area contributed by atoms with Crippen LogP contribution >= 0.6 is 0 Å². The molecular weight excluding hydrogens is 232 g/mol. The fourth-order valence-electron chi connectivity index (χ4n) is 2.62. The van der Waals surface area contributed by atoms with Crippen molar-refractivity contribution in [3.63, 3.8) is 0 Å². The molecule has 18 heavy (non-hydrogen) atoms. The average Bonchev–Trinajstić information content (AvgIpc) is 2.90. The second kappa shape index (κ2) is 7.07. The van der Waals surface area contributed by atoms with E-state index in [2.05, 4.69) is 10.2 Å². The molecule has 2 N–H and O–H groups in total. The van der Waals surface area contributed by atoms with E-state index in [1.165, 1.54) is 0 Å². The van der Waals surface area contributed by atoms with E-state index >= 15 is 0 Å². The van der Waals surface area contributed by atoms with E-state index in [0.29, 0.717) is 19.0 Å². The smallest absolute Gasteiger partial charge is 0.234 e. The van der Waals surface area contributed by atoms with Crippen molar-refractivity contribution in [3.8, 4) is 0 Å². The second-order valence-electron chi connectivity index (χ2n) is 5.34. The van der Waals surface area contributed by atoms with Gasteiger partial charge in [-0.15, -0.1) is 0 Å². The summed E-state index contributed by atoms with van der Waals surface area (Å²) in [7, 11) is 0. The Hall–Kier alpha value is -0.650. The molecule has 5 nitrogen and oxygen atoms in total.